The van der Waals surface area contributed by atoms with Crippen LogP contribution in [0.4, 0.5) is 13.2 Å². The summed E-state index contributed by atoms with van der Waals surface area (Å²) in [6.45, 7) is 1.54. The molecular formula is C14H13F3N2. The zero-order valence-corrected chi connectivity index (χ0v) is 10.5. The summed E-state index contributed by atoms with van der Waals surface area (Å²) in [6, 6.07) is 3.03. The smallest absolute Gasteiger partial charge is 0.146 e. The number of nitrogens with one attached hydrogen (secondary N) is 1. The van der Waals surface area contributed by atoms with Gasteiger partial charge in [0.2, 0.25) is 0 Å². The average molecular weight is 266 g/mol. The Bertz CT molecular complexity index is 599. The number of halogens is 3. The van der Waals surface area contributed by atoms with Gasteiger partial charge in [-0.3, -0.25) is 4.98 Å². The van der Waals surface area contributed by atoms with Gasteiger partial charge in [-0.1, -0.05) is 6.07 Å². The van der Waals surface area contributed by atoms with E-state index >= 15 is 0 Å². The highest BCUT2D eigenvalue weighted by Crippen LogP contribution is 2.29. The molecule has 0 fully saturated rings. The number of benzene rings is 1. The molecule has 0 radical (unpaired) electrons. The Morgan fingerprint density at radius 1 is 1.11 bits per heavy atom. The van der Waals surface area contributed by atoms with E-state index in [1.54, 1.807) is 0 Å². The second kappa shape index (κ2) is 5.40. The molecule has 2 rings (SSSR count). The first-order chi connectivity index (χ1) is 9.06. The molecule has 0 saturated heterocycles. The Morgan fingerprint density at radius 3 is 2.47 bits per heavy atom. The van der Waals surface area contributed by atoms with Gasteiger partial charge in [-0.05, 0) is 31.7 Å². The molecular weight excluding hydrogens is 253 g/mol. The minimum absolute atomic E-state index is 0.154. The first-order valence-electron chi connectivity index (χ1n) is 5.77. The molecule has 5 heteroatoms. The number of hydrogen-bond acceptors (Lipinski definition) is 2. The van der Waals surface area contributed by atoms with Gasteiger partial charge in [-0.15, -0.1) is 0 Å². The summed E-state index contributed by atoms with van der Waals surface area (Å²) in [5.41, 5.74) is 0.277. The van der Waals surface area contributed by atoms with E-state index in [2.05, 4.69) is 10.3 Å². The Hall–Kier alpha value is -1.88. The summed E-state index contributed by atoms with van der Waals surface area (Å²) in [5, 5.41) is 2.74. The van der Waals surface area contributed by atoms with Crippen molar-refractivity contribution in [3.05, 3.63) is 64.7 Å². The molecule has 0 saturated carbocycles. The quantitative estimate of drug-likeness (QED) is 0.923. The molecule has 1 unspecified atom stereocenters. The lowest BCUT2D eigenvalue weighted by Crippen LogP contribution is -2.22. The fourth-order valence-corrected chi connectivity index (χ4v) is 2.02. The summed E-state index contributed by atoms with van der Waals surface area (Å²) < 4.78 is 41.7. The Balaban J connectivity index is 2.61. The number of aromatic nitrogens is 1. The maximum absolute atomic E-state index is 14.1. The fourth-order valence-electron chi connectivity index (χ4n) is 2.02. The zero-order chi connectivity index (χ0) is 14.0. The minimum atomic E-state index is -0.900. The van der Waals surface area contributed by atoms with Gasteiger partial charge in [0, 0.05) is 17.3 Å². The molecule has 0 spiro atoms. The minimum Gasteiger partial charge on any atom is -0.309 e. The van der Waals surface area contributed by atoms with Crippen molar-refractivity contribution >= 4 is 0 Å². The van der Waals surface area contributed by atoms with E-state index in [0.29, 0.717) is 5.56 Å². The molecule has 1 aromatic carbocycles. The third kappa shape index (κ3) is 2.46. The predicted molar refractivity (Wildman–Crippen MR) is 66.2 cm³/mol. The van der Waals surface area contributed by atoms with Crippen molar-refractivity contribution in [3.8, 4) is 0 Å². The van der Waals surface area contributed by atoms with Crippen LogP contribution in [0, 0.1) is 24.4 Å². The molecule has 0 aliphatic heterocycles. The molecule has 1 aromatic heterocycles. The monoisotopic (exact) mass is 266 g/mol. The van der Waals surface area contributed by atoms with E-state index < -0.39 is 23.5 Å². The van der Waals surface area contributed by atoms with Crippen LogP contribution in [-0.2, 0) is 0 Å². The number of nitrogens with zero attached hydrogens (tertiary/aromatic N) is 1. The molecule has 2 nitrogen and oxygen atoms in total. The molecule has 0 amide bonds. The summed E-state index contributed by atoms with van der Waals surface area (Å²) in [7, 11) is 1.52. The third-order valence-electron chi connectivity index (χ3n) is 3.01. The Kier molecular flexibility index (Phi) is 3.85. The lowest BCUT2D eigenvalue weighted by Gasteiger charge is -2.19. The van der Waals surface area contributed by atoms with Crippen LogP contribution < -0.4 is 5.32 Å². The topological polar surface area (TPSA) is 24.9 Å². The molecule has 1 heterocycles. The molecule has 19 heavy (non-hydrogen) atoms. The van der Waals surface area contributed by atoms with Crippen molar-refractivity contribution in [2.24, 2.45) is 0 Å². The summed E-state index contributed by atoms with van der Waals surface area (Å²) in [4.78, 5) is 3.63. The zero-order valence-electron chi connectivity index (χ0n) is 10.5. The van der Waals surface area contributed by atoms with Crippen molar-refractivity contribution in [3.63, 3.8) is 0 Å². The molecule has 0 bridgehead atoms. The largest absolute Gasteiger partial charge is 0.309 e. The van der Waals surface area contributed by atoms with Crippen LogP contribution in [-0.4, -0.2) is 12.0 Å². The normalized spacial score (nSPS) is 12.5. The molecule has 0 aliphatic carbocycles. The molecule has 1 atom stereocenters. The number of aryl methyl sites for hydroxylation is 1. The molecule has 100 valence electrons. The van der Waals surface area contributed by atoms with Gasteiger partial charge < -0.3 is 5.32 Å². The van der Waals surface area contributed by atoms with Crippen LogP contribution in [0.2, 0.25) is 0 Å². The SMILES string of the molecule is CNC(c1ccncc1F)c1c(F)ccc(C)c1F. The first-order valence-corrected chi connectivity index (χ1v) is 5.77. The highest BCUT2D eigenvalue weighted by molar-refractivity contribution is 5.36. The van der Waals surface area contributed by atoms with Crippen LogP contribution in [0.15, 0.2) is 30.6 Å². The van der Waals surface area contributed by atoms with Gasteiger partial charge in [0.1, 0.15) is 17.5 Å². The number of hydrogen-bond donors (Lipinski definition) is 1. The van der Waals surface area contributed by atoms with Gasteiger partial charge in [0.25, 0.3) is 0 Å². The standard InChI is InChI=1S/C14H13F3N2/c1-8-3-4-10(15)12(13(8)17)14(18-2)9-5-6-19-7-11(9)16/h3-7,14,18H,1-2H3. The highest BCUT2D eigenvalue weighted by atomic mass is 19.1. The number of pyridine rings is 1. The molecule has 2 aromatic rings. The Labute approximate surface area is 109 Å². The maximum Gasteiger partial charge on any atom is 0.146 e. The van der Waals surface area contributed by atoms with E-state index in [-0.39, 0.29) is 11.1 Å². The van der Waals surface area contributed by atoms with Gasteiger partial charge in [-0.25, -0.2) is 13.2 Å². The Morgan fingerprint density at radius 2 is 1.84 bits per heavy atom. The van der Waals surface area contributed by atoms with Crippen LogP contribution in [0.25, 0.3) is 0 Å². The van der Waals surface area contributed by atoms with Gasteiger partial charge >= 0.3 is 0 Å². The first kappa shape index (κ1) is 13.5. The van der Waals surface area contributed by atoms with E-state index in [1.807, 2.05) is 0 Å². The van der Waals surface area contributed by atoms with E-state index in [4.69, 9.17) is 0 Å². The number of rotatable bonds is 3. The summed E-state index contributed by atoms with van der Waals surface area (Å²) in [5.74, 6) is -1.99. The van der Waals surface area contributed by atoms with E-state index in [9.17, 15) is 13.2 Å². The van der Waals surface area contributed by atoms with Gasteiger partial charge in [0.05, 0.1) is 12.2 Å². The van der Waals surface area contributed by atoms with Crippen molar-refractivity contribution in [2.45, 2.75) is 13.0 Å². The van der Waals surface area contributed by atoms with Gasteiger partial charge in [-0.2, -0.15) is 0 Å². The van der Waals surface area contributed by atoms with Crippen LogP contribution >= 0.6 is 0 Å². The predicted octanol–water partition coefficient (Wildman–Crippen LogP) is 3.12. The van der Waals surface area contributed by atoms with Crippen molar-refractivity contribution in [1.29, 1.82) is 0 Å². The third-order valence-corrected chi connectivity index (χ3v) is 3.01. The van der Waals surface area contributed by atoms with Crippen molar-refractivity contribution < 1.29 is 13.2 Å². The molecule has 1 N–H and O–H groups in total. The van der Waals surface area contributed by atoms with Crippen LogP contribution in [0.5, 0.6) is 0 Å². The lowest BCUT2D eigenvalue weighted by molar-refractivity contribution is 0.503. The van der Waals surface area contributed by atoms with Crippen LogP contribution in [0.3, 0.4) is 0 Å². The fraction of sp³-hybridized carbons (Fsp3) is 0.214. The second-order valence-electron chi connectivity index (χ2n) is 4.21. The maximum atomic E-state index is 14.1. The average Bonchev–Trinajstić information content (AvgIpc) is 2.40. The molecule has 0 aliphatic rings. The summed E-state index contributed by atoms with van der Waals surface area (Å²) >= 11 is 0. The second-order valence-corrected chi connectivity index (χ2v) is 4.21. The van der Waals surface area contributed by atoms with Crippen molar-refractivity contribution in [1.82, 2.24) is 10.3 Å². The summed E-state index contributed by atoms with van der Waals surface area (Å²) in [6.07, 6.45) is 2.40. The van der Waals surface area contributed by atoms with Gasteiger partial charge in [0.15, 0.2) is 0 Å². The van der Waals surface area contributed by atoms with Crippen LogP contribution in [0.1, 0.15) is 22.7 Å². The van der Waals surface area contributed by atoms with E-state index in [0.717, 1.165) is 6.20 Å². The van der Waals surface area contributed by atoms with E-state index in [1.165, 1.54) is 38.4 Å². The lowest BCUT2D eigenvalue weighted by atomic mass is 9.96. The van der Waals surface area contributed by atoms with Crippen molar-refractivity contribution in [2.75, 3.05) is 7.05 Å². The highest BCUT2D eigenvalue weighted by Gasteiger charge is 2.24.